The van der Waals surface area contributed by atoms with Crippen LogP contribution in [0.5, 0.6) is 11.5 Å². The minimum absolute atomic E-state index is 0.236. The van der Waals surface area contributed by atoms with E-state index in [1.165, 1.54) is 18.9 Å². The zero-order valence-electron chi connectivity index (χ0n) is 20.4. The maximum atomic E-state index is 11.6. The summed E-state index contributed by atoms with van der Waals surface area (Å²) in [6.45, 7) is 3.78. The number of methoxy groups -OCH3 is 1. The van der Waals surface area contributed by atoms with Crippen molar-refractivity contribution < 1.29 is 14.4 Å². The third-order valence-electron chi connectivity index (χ3n) is 5.60. The molecule has 37 heavy (non-hydrogen) atoms. The number of nitrogens with zero attached hydrogens (tertiary/aromatic N) is 4. The van der Waals surface area contributed by atoms with Gasteiger partial charge in [0.25, 0.3) is 0 Å². The van der Waals surface area contributed by atoms with E-state index in [1.807, 2.05) is 66.9 Å². The Labute approximate surface area is 232 Å². The Morgan fingerprint density at radius 3 is 2.54 bits per heavy atom. The largest absolute Gasteiger partial charge is 0.493 e. The molecular weight excluding hydrogens is 580 g/mol. The summed E-state index contributed by atoms with van der Waals surface area (Å²) >= 11 is 11.1. The molecule has 0 unspecified atom stereocenters. The van der Waals surface area contributed by atoms with Crippen LogP contribution in [0.25, 0.3) is 5.69 Å². The number of aromatic nitrogens is 3. The van der Waals surface area contributed by atoms with Crippen molar-refractivity contribution in [1.82, 2.24) is 14.8 Å². The molecule has 192 valence electrons. The molecule has 0 amide bonds. The summed E-state index contributed by atoms with van der Waals surface area (Å²) in [5, 5.41) is 20.8. The van der Waals surface area contributed by atoms with E-state index in [1.54, 1.807) is 12.1 Å². The van der Waals surface area contributed by atoms with Crippen molar-refractivity contribution in [2.75, 3.05) is 13.7 Å². The lowest BCUT2D eigenvalue weighted by atomic mass is 10.1. The van der Waals surface area contributed by atoms with Gasteiger partial charge in [0.2, 0.25) is 6.54 Å². The van der Waals surface area contributed by atoms with Gasteiger partial charge in [-0.2, -0.15) is 0 Å². The first-order valence-corrected chi connectivity index (χ1v) is 13.3. The molecule has 0 bridgehead atoms. The fourth-order valence-corrected chi connectivity index (χ4v) is 5.63. The average Bonchev–Trinajstić information content (AvgIpc) is 3.23. The van der Waals surface area contributed by atoms with Crippen molar-refractivity contribution in [3.05, 3.63) is 103 Å². The first-order valence-electron chi connectivity index (χ1n) is 11.3. The first-order chi connectivity index (χ1) is 17.8. The highest BCUT2D eigenvalue weighted by Crippen LogP contribution is 2.43. The lowest BCUT2D eigenvalue weighted by Crippen LogP contribution is -2.12. The summed E-state index contributed by atoms with van der Waals surface area (Å²) < 4.78 is 14.1. The van der Waals surface area contributed by atoms with Gasteiger partial charge in [0, 0.05) is 21.2 Å². The summed E-state index contributed by atoms with van der Waals surface area (Å²) in [6.07, 6.45) is 0. The van der Waals surface area contributed by atoms with Crippen molar-refractivity contribution in [1.29, 1.82) is 0 Å². The quantitative estimate of drug-likeness (QED) is 0.109. The van der Waals surface area contributed by atoms with Gasteiger partial charge in [0.15, 0.2) is 16.7 Å². The summed E-state index contributed by atoms with van der Waals surface area (Å²) in [5.41, 5.74) is 3.53. The van der Waals surface area contributed by atoms with E-state index in [9.17, 15) is 10.1 Å². The number of benzene rings is 3. The van der Waals surface area contributed by atoms with Crippen LogP contribution in [-0.4, -0.2) is 33.3 Å². The van der Waals surface area contributed by atoms with Crippen LogP contribution in [0.3, 0.4) is 0 Å². The van der Waals surface area contributed by atoms with E-state index in [0.29, 0.717) is 37.5 Å². The van der Waals surface area contributed by atoms with Gasteiger partial charge >= 0.3 is 0 Å². The normalized spacial score (nSPS) is 11.8. The van der Waals surface area contributed by atoms with Crippen LogP contribution in [0.15, 0.2) is 70.3 Å². The van der Waals surface area contributed by atoms with Gasteiger partial charge in [-0.25, -0.2) is 0 Å². The highest BCUT2D eigenvalue weighted by Gasteiger charge is 2.26. The molecule has 1 aromatic heterocycles. The second-order valence-electron chi connectivity index (χ2n) is 8.24. The molecule has 0 aliphatic heterocycles. The van der Waals surface area contributed by atoms with Crippen LogP contribution < -0.4 is 9.47 Å². The maximum Gasteiger partial charge on any atom is 0.220 e. The molecule has 8 nitrogen and oxygen atoms in total. The molecule has 1 heterocycles. The molecule has 0 saturated heterocycles. The molecule has 3 aromatic carbocycles. The molecule has 0 aliphatic rings. The number of nitro groups is 1. The van der Waals surface area contributed by atoms with Crippen LogP contribution in [0.2, 0.25) is 5.02 Å². The van der Waals surface area contributed by atoms with E-state index in [-0.39, 0.29) is 18.1 Å². The Kier molecular flexibility index (Phi) is 8.73. The summed E-state index contributed by atoms with van der Waals surface area (Å²) in [6, 6.07) is 18.9. The van der Waals surface area contributed by atoms with Crippen LogP contribution in [0.4, 0.5) is 0 Å². The zero-order chi connectivity index (χ0) is 26.5. The van der Waals surface area contributed by atoms with Crippen molar-refractivity contribution in [3.8, 4) is 17.2 Å². The second-order valence-corrected chi connectivity index (χ2v) is 10.7. The molecule has 0 radical (unpaired) electrons. The van der Waals surface area contributed by atoms with E-state index < -0.39 is 5.25 Å². The standard InChI is InChI=1S/C26H24BrClN4O4S/c1-16-8-10-20(11-9-16)32-17(2)29-30-26(32)37-24(14-31(33)34)19-12-21(27)25(23(13-19)35-3)36-15-18-6-4-5-7-22(18)28/h4-13,24H,14-15H2,1-3H3/t24-/m1/s1. The number of ether oxygens (including phenoxy) is 2. The van der Waals surface area contributed by atoms with Crippen LogP contribution in [0.1, 0.15) is 27.8 Å². The molecule has 11 heteroatoms. The van der Waals surface area contributed by atoms with Crippen molar-refractivity contribution in [2.45, 2.75) is 30.9 Å². The van der Waals surface area contributed by atoms with Crippen molar-refractivity contribution in [3.63, 3.8) is 0 Å². The molecule has 0 aliphatic carbocycles. The number of aryl methyl sites for hydroxylation is 2. The van der Waals surface area contributed by atoms with Gasteiger partial charge in [0.05, 0.1) is 11.6 Å². The Bertz CT molecular complexity index is 1410. The Morgan fingerprint density at radius 2 is 1.86 bits per heavy atom. The van der Waals surface area contributed by atoms with Gasteiger partial charge in [-0.3, -0.25) is 14.7 Å². The molecule has 4 rings (SSSR count). The lowest BCUT2D eigenvalue weighted by Gasteiger charge is -2.18. The van der Waals surface area contributed by atoms with Gasteiger partial charge in [-0.05, 0) is 65.7 Å². The highest BCUT2D eigenvalue weighted by molar-refractivity contribution is 9.10. The third-order valence-corrected chi connectivity index (χ3v) is 7.74. The van der Waals surface area contributed by atoms with Crippen LogP contribution in [0, 0.1) is 24.0 Å². The first kappa shape index (κ1) is 27.0. The van der Waals surface area contributed by atoms with Gasteiger partial charge in [-0.1, -0.05) is 59.3 Å². The maximum absolute atomic E-state index is 11.6. The number of hydrogen-bond acceptors (Lipinski definition) is 7. The fourth-order valence-electron chi connectivity index (χ4n) is 3.71. The van der Waals surface area contributed by atoms with Crippen LogP contribution >= 0.6 is 39.3 Å². The average molecular weight is 604 g/mol. The highest BCUT2D eigenvalue weighted by atomic mass is 79.9. The smallest absolute Gasteiger partial charge is 0.220 e. The number of thioether (sulfide) groups is 1. The lowest BCUT2D eigenvalue weighted by molar-refractivity contribution is -0.479. The number of rotatable bonds is 10. The Morgan fingerprint density at radius 1 is 1.14 bits per heavy atom. The fraction of sp³-hybridized carbons (Fsp3) is 0.231. The second kappa shape index (κ2) is 12.0. The summed E-state index contributed by atoms with van der Waals surface area (Å²) in [7, 11) is 1.53. The zero-order valence-corrected chi connectivity index (χ0v) is 23.5. The molecular formula is C26H24BrClN4O4S. The predicted molar refractivity (Wildman–Crippen MR) is 148 cm³/mol. The van der Waals surface area contributed by atoms with E-state index in [0.717, 1.165) is 16.8 Å². The SMILES string of the molecule is COc1cc([C@@H](C[N+](=O)[O-])Sc2nnc(C)n2-c2ccc(C)cc2)cc(Br)c1OCc1ccccc1Cl. The molecule has 0 N–H and O–H groups in total. The summed E-state index contributed by atoms with van der Waals surface area (Å²) in [5.74, 6) is 1.62. The molecule has 4 aromatic rings. The van der Waals surface area contributed by atoms with Crippen molar-refractivity contribution in [2.24, 2.45) is 0 Å². The topological polar surface area (TPSA) is 92.3 Å². The molecule has 0 saturated carbocycles. The van der Waals surface area contributed by atoms with E-state index in [4.69, 9.17) is 21.1 Å². The van der Waals surface area contributed by atoms with Gasteiger partial charge in [0.1, 0.15) is 17.7 Å². The number of halogens is 2. The van der Waals surface area contributed by atoms with Gasteiger partial charge < -0.3 is 9.47 Å². The third kappa shape index (κ3) is 6.44. The molecule has 1 atom stereocenters. The predicted octanol–water partition coefficient (Wildman–Crippen LogP) is 7.00. The van der Waals surface area contributed by atoms with Crippen molar-refractivity contribution >= 4 is 39.3 Å². The summed E-state index contributed by atoms with van der Waals surface area (Å²) in [4.78, 5) is 11.3. The minimum atomic E-state index is -0.564. The number of hydrogen-bond donors (Lipinski definition) is 0. The van der Waals surface area contributed by atoms with E-state index >= 15 is 0 Å². The molecule has 0 spiro atoms. The Balaban J connectivity index is 1.66. The van der Waals surface area contributed by atoms with Crippen LogP contribution in [-0.2, 0) is 6.61 Å². The van der Waals surface area contributed by atoms with E-state index in [2.05, 4.69) is 26.1 Å². The monoisotopic (exact) mass is 602 g/mol. The minimum Gasteiger partial charge on any atom is -0.493 e. The Hall–Kier alpha value is -3.08. The van der Waals surface area contributed by atoms with Gasteiger partial charge in [-0.15, -0.1) is 10.2 Å². The molecule has 0 fully saturated rings.